The van der Waals surface area contributed by atoms with Gasteiger partial charge in [0.05, 0.1) is 30.8 Å². The Morgan fingerprint density at radius 1 is 0.247 bits per heavy atom. The first-order chi connectivity index (χ1) is 43.6. The molecule has 0 saturated heterocycles. The lowest BCUT2D eigenvalue weighted by molar-refractivity contribution is -0.117. The molecule has 8 nitrogen and oxygen atoms in total. The zero-order valence-electron chi connectivity index (χ0n) is 60.4. The maximum atomic E-state index is 13.3. The first-order valence-electron chi connectivity index (χ1n) is 40.1. The van der Waals surface area contributed by atoms with Gasteiger partial charge in [-0.3, -0.25) is 19.4 Å². The second-order valence-corrected chi connectivity index (χ2v) is 30.6. The van der Waals surface area contributed by atoms with E-state index in [2.05, 4.69) is 37.5 Å². The molecular formula is C79H158N2O6S2. The number of nitrogens with zero attached hydrogens (tertiary/aromatic N) is 2. The average molecular weight is 1300 g/mol. The molecule has 10 heteroatoms. The van der Waals surface area contributed by atoms with Gasteiger partial charge in [0.25, 0.3) is 0 Å². The first kappa shape index (κ1) is 88.8. The standard InChI is InChI=1S/C79H158N2O6S2/c1-5-9-13-17-21-25-29-33-37-41-45-49-53-57-61-74(82)70-80(71-75(83)62-58-54-50-46-42-38-34-30-26-22-18-14-10-6-2)65-67-88-78(86)69-79(87)89-68-66-81(72-76(84)63-59-55-51-47-43-39-35-31-27-23-19-15-11-7-3)73-77(85)64-60-56-52-48-44-40-36-32-28-24-20-16-12-8-4/h74-77,82-85H,5-73H2,1-4H3. The van der Waals surface area contributed by atoms with Gasteiger partial charge in [0.1, 0.15) is 0 Å². The number of aliphatic hydroxyl groups is 4. The van der Waals surface area contributed by atoms with E-state index in [9.17, 15) is 30.0 Å². The summed E-state index contributed by atoms with van der Waals surface area (Å²) in [6.07, 6.45) is 74.5. The van der Waals surface area contributed by atoms with Crippen LogP contribution in [0.5, 0.6) is 0 Å². The van der Waals surface area contributed by atoms with Gasteiger partial charge in [-0.1, -0.05) is 411 Å². The monoisotopic (exact) mass is 1300 g/mol. The van der Waals surface area contributed by atoms with Crippen molar-refractivity contribution in [2.24, 2.45) is 0 Å². The van der Waals surface area contributed by atoms with Crippen molar-refractivity contribution in [3.05, 3.63) is 0 Å². The molecule has 0 rings (SSSR count). The average Bonchev–Trinajstić information content (AvgIpc) is 3.69. The Kier molecular flexibility index (Phi) is 73.4. The van der Waals surface area contributed by atoms with Gasteiger partial charge in [0, 0.05) is 50.8 Å². The van der Waals surface area contributed by atoms with Crippen LogP contribution in [-0.2, 0) is 9.59 Å². The topological polar surface area (TPSA) is 122 Å². The highest BCUT2D eigenvalue weighted by Crippen LogP contribution is 2.21. The van der Waals surface area contributed by atoms with E-state index in [1.54, 1.807) is 0 Å². The number of hydrogen-bond donors (Lipinski definition) is 4. The molecule has 0 aromatic carbocycles. The molecule has 0 fully saturated rings. The maximum Gasteiger partial charge on any atom is 0.197 e. The van der Waals surface area contributed by atoms with Gasteiger partial charge in [-0.15, -0.1) is 0 Å². The van der Waals surface area contributed by atoms with E-state index in [0.717, 1.165) is 77.0 Å². The predicted octanol–water partition coefficient (Wildman–Crippen LogP) is 23.4. The minimum Gasteiger partial charge on any atom is -0.392 e. The van der Waals surface area contributed by atoms with E-state index < -0.39 is 24.4 Å². The van der Waals surface area contributed by atoms with Gasteiger partial charge >= 0.3 is 0 Å². The molecule has 0 aliphatic rings. The number of unbranched alkanes of at least 4 members (excludes halogenated alkanes) is 52. The van der Waals surface area contributed by atoms with Crippen LogP contribution in [-0.4, -0.2) is 116 Å². The zero-order valence-corrected chi connectivity index (χ0v) is 62.0. The fourth-order valence-corrected chi connectivity index (χ4v) is 14.9. The van der Waals surface area contributed by atoms with Crippen LogP contribution in [0.3, 0.4) is 0 Å². The lowest BCUT2D eigenvalue weighted by Gasteiger charge is -2.27. The smallest absolute Gasteiger partial charge is 0.197 e. The Morgan fingerprint density at radius 3 is 0.551 bits per heavy atom. The van der Waals surface area contributed by atoms with Gasteiger partial charge in [0.2, 0.25) is 0 Å². The van der Waals surface area contributed by atoms with E-state index in [-0.39, 0.29) is 16.7 Å². The largest absolute Gasteiger partial charge is 0.392 e. The van der Waals surface area contributed by atoms with Gasteiger partial charge in [-0.2, -0.15) is 0 Å². The van der Waals surface area contributed by atoms with Crippen molar-refractivity contribution in [3.63, 3.8) is 0 Å². The van der Waals surface area contributed by atoms with Crippen LogP contribution in [0.15, 0.2) is 0 Å². The van der Waals surface area contributed by atoms with E-state index in [4.69, 9.17) is 0 Å². The molecule has 0 aromatic heterocycles. The minimum absolute atomic E-state index is 0.123. The minimum atomic E-state index is -0.464. The molecule has 0 heterocycles. The highest BCUT2D eigenvalue weighted by molar-refractivity contribution is 8.15. The number of carbonyl (C=O) groups is 2. The third-order valence-electron chi connectivity index (χ3n) is 19.1. The Bertz CT molecular complexity index is 1220. The Hall–Kier alpha value is -0.200. The summed E-state index contributed by atoms with van der Waals surface area (Å²) in [5.74, 6) is 1.05. The molecule has 4 N–H and O–H groups in total. The van der Waals surface area contributed by atoms with Crippen molar-refractivity contribution in [1.29, 1.82) is 0 Å². The summed E-state index contributed by atoms with van der Waals surface area (Å²) in [6.45, 7) is 12.3. The molecule has 0 spiro atoms. The first-order valence-corrected chi connectivity index (χ1v) is 42.1. The van der Waals surface area contributed by atoms with Crippen LogP contribution < -0.4 is 0 Å². The summed E-state index contributed by atoms with van der Waals surface area (Å²) in [4.78, 5) is 30.9. The number of rotatable bonds is 76. The fourth-order valence-electron chi connectivity index (χ4n) is 13.2. The van der Waals surface area contributed by atoms with Crippen LogP contribution >= 0.6 is 23.5 Å². The van der Waals surface area contributed by atoms with Crippen LogP contribution in [0.2, 0.25) is 0 Å². The van der Waals surface area contributed by atoms with Crippen LogP contribution in [0.25, 0.3) is 0 Å². The van der Waals surface area contributed by atoms with E-state index >= 15 is 0 Å². The second-order valence-electron chi connectivity index (χ2n) is 28.3. The van der Waals surface area contributed by atoms with E-state index in [1.165, 1.54) is 332 Å². The summed E-state index contributed by atoms with van der Waals surface area (Å²) in [5, 5.41) is 44.7. The molecule has 0 aliphatic heterocycles. The number of carbonyl (C=O) groups excluding carboxylic acids is 2. The van der Waals surface area contributed by atoms with Crippen LogP contribution in [0.1, 0.15) is 419 Å². The Morgan fingerprint density at radius 2 is 0.393 bits per heavy atom. The summed E-state index contributed by atoms with van der Waals surface area (Å²) < 4.78 is 0. The third-order valence-corrected chi connectivity index (χ3v) is 20.8. The van der Waals surface area contributed by atoms with Crippen molar-refractivity contribution in [3.8, 4) is 0 Å². The lowest BCUT2D eigenvalue weighted by Crippen LogP contribution is -2.39. The molecular weight excluding hydrogens is 1140 g/mol. The molecule has 0 amide bonds. The molecule has 4 atom stereocenters. The highest BCUT2D eigenvalue weighted by Gasteiger charge is 2.20. The van der Waals surface area contributed by atoms with Gasteiger partial charge in [0.15, 0.2) is 10.2 Å². The van der Waals surface area contributed by atoms with Crippen molar-refractivity contribution < 1.29 is 30.0 Å². The lowest BCUT2D eigenvalue weighted by atomic mass is 10.0. The van der Waals surface area contributed by atoms with Crippen LogP contribution in [0, 0.1) is 0 Å². The van der Waals surface area contributed by atoms with E-state index in [1.807, 2.05) is 0 Å². The highest BCUT2D eigenvalue weighted by atomic mass is 32.2. The Balaban J connectivity index is 5.08. The molecule has 0 aromatic rings. The van der Waals surface area contributed by atoms with Gasteiger partial charge in [-0.05, 0) is 25.7 Å². The number of hydrogen-bond acceptors (Lipinski definition) is 10. The number of thioether (sulfide) groups is 2. The van der Waals surface area contributed by atoms with Crippen molar-refractivity contribution in [2.45, 2.75) is 444 Å². The molecule has 532 valence electrons. The molecule has 89 heavy (non-hydrogen) atoms. The molecule has 0 bridgehead atoms. The van der Waals surface area contributed by atoms with Gasteiger partial charge in [-0.25, -0.2) is 0 Å². The summed E-state index contributed by atoms with van der Waals surface area (Å²) in [5.41, 5.74) is 0. The quantitative estimate of drug-likeness (QED) is 0.0346. The fraction of sp³-hybridized carbons (Fsp3) is 0.975. The number of aliphatic hydroxyl groups excluding tert-OH is 4. The summed E-state index contributed by atoms with van der Waals surface area (Å²) >= 11 is 2.41. The van der Waals surface area contributed by atoms with E-state index in [0.29, 0.717) is 50.8 Å². The molecule has 0 radical (unpaired) electrons. The maximum absolute atomic E-state index is 13.3. The summed E-state index contributed by atoms with van der Waals surface area (Å²) in [7, 11) is 0. The van der Waals surface area contributed by atoms with Crippen molar-refractivity contribution in [1.82, 2.24) is 9.80 Å². The van der Waals surface area contributed by atoms with Crippen LogP contribution in [0.4, 0.5) is 0 Å². The zero-order chi connectivity index (χ0) is 64.8. The SMILES string of the molecule is CCCCCCCCCCCCCCCCC(O)CN(CCSC(=O)CC(=O)SCCN(CC(O)CCCCCCCCCCCCCCCC)CC(O)CCCCCCCCCCCCCCCC)CC(O)CCCCCCCCCCCCCCCC. The molecule has 0 aliphatic carbocycles. The molecule has 0 saturated carbocycles. The van der Waals surface area contributed by atoms with Crippen molar-refractivity contribution >= 4 is 33.8 Å². The van der Waals surface area contributed by atoms with Gasteiger partial charge < -0.3 is 20.4 Å². The summed E-state index contributed by atoms with van der Waals surface area (Å²) in [6, 6.07) is 0. The van der Waals surface area contributed by atoms with Crippen molar-refractivity contribution in [2.75, 3.05) is 50.8 Å². The second kappa shape index (κ2) is 73.6. The molecule has 4 unspecified atom stereocenters. The predicted molar refractivity (Wildman–Crippen MR) is 396 cm³/mol. The third kappa shape index (κ3) is 70.4. The normalized spacial score (nSPS) is 13.3. The Labute approximate surface area is 564 Å².